The summed E-state index contributed by atoms with van der Waals surface area (Å²) in [5.74, 6) is 0. The molecule has 0 aromatic rings. The minimum atomic E-state index is -2.57. The molecule has 0 heterocycles. The van der Waals surface area contributed by atoms with Crippen LogP contribution in [0.1, 0.15) is 0 Å². The van der Waals surface area contributed by atoms with E-state index in [1.165, 1.54) is 5.70 Å². The average molecular weight is 158 g/mol. The Bertz CT molecular complexity index is 105. The first-order valence-electron chi connectivity index (χ1n) is 2.59. The third kappa shape index (κ3) is 3.19. The molecule has 0 bridgehead atoms. The van der Waals surface area contributed by atoms with Crippen molar-refractivity contribution in [2.75, 3.05) is 0 Å². The van der Waals surface area contributed by atoms with E-state index in [0.29, 0.717) is 15.4 Å². The van der Waals surface area contributed by atoms with Crippen LogP contribution in [0.15, 0.2) is 12.3 Å². The Morgan fingerprint density at radius 3 is 2.00 bits per heavy atom. The second-order valence-corrected chi connectivity index (χ2v) is 4.58. The van der Waals surface area contributed by atoms with Crippen LogP contribution in [0, 0.1) is 0 Å². The van der Waals surface area contributed by atoms with Gasteiger partial charge in [0.15, 0.2) is 0 Å². The molecule has 0 fully saturated rings. The van der Waals surface area contributed by atoms with Crippen LogP contribution in [0.5, 0.6) is 0 Å². The van der Waals surface area contributed by atoms with Gasteiger partial charge in [-0.05, 0) is 6.55 Å². The molecule has 0 aromatic heterocycles. The third-order valence-corrected chi connectivity index (χ3v) is 2.83. The van der Waals surface area contributed by atoms with Gasteiger partial charge in [-0.15, -0.1) is 6.58 Å². The number of hydrogen-bond donors (Lipinski definition) is 2. The van der Waals surface area contributed by atoms with Crippen molar-refractivity contribution in [3.8, 4) is 0 Å². The van der Waals surface area contributed by atoms with Crippen molar-refractivity contribution in [2.45, 2.75) is 6.55 Å². The highest BCUT2D eigenvalue weighted by Crippen LogP contribution is 2.04. The summed E-state index contributed by atoms with van der Waals surface area (Å²) >= 11 is 0. The van der Waals surface area contributed by atoms with Gasteiger partial charge in [-0.2, -0.15) is 0 Å². The topological polar surface area (TPSA) is 58.9 Å². The highest BCUT2D eigenvalue weighted by molar-refractivity contribution is 6.77. The first-order chi connectivity index (χ1) is 4.68. The average Bonchev–Trinajstić information content (AvgIpc) is 1.89. The van der Waals surface area contributed by atoms with E-state index < -0.39 is 8.56 Å². The van der Waals surface area contributed by atoms with Crippen LogP contribution >= 0.6 is 0 Å². The minimum absolute atomic E-state index is 0.525. The summed E-state index contributed by atoms with van der Waals surface area (Å²) in [6, 6.07) is 0. The first-order valence-corrected chi connectivity index (χ1v) is 4.99. The summed E-state index contributed by atoms with van der Waals surface area (Å²) in [7, 11) is -1.52. The molecule has 7 heteroatoms. The second kappa shape index (κ2) is 4.70. The predicted molar refractivity (Wildman–Crippen MR) is 39.9 cm³/mol. The summed E-state index contributed by atoms with van der Waals surface area (Å²) in [5, 5.41) is 16.4. The fourth-order valence-electron chi connectivity index (χ4n) is 0.333. The molecule has 0 aromatic carbocycles. The predicted octanol–water partition coefficient (Wildman–Crippen LogP) is -1.13. The maximum Gasteiger partial charge on any atom is 0.475 e. The fraction of sp³-hybridized carbons (Fsp3) is 0.333. The Morgan fingerprint density at radius 2 is 1.80 bits per heavy atom. The van der Waals surface area contributed by atoms with Crippen molar-refractivity contribution in [1.82, 2.24) is 0 Å². The Labute approximate surface area is 62.3 Å². The molecule has 0 unspecified atom stereocenters. The number of hydrogen-bond acceptors (Lipinski definition) is 4. The van der Waals surface area contributed by atoms with Crippen LogP contribution in [-0.4, -0.2) is 34.0 Å². The highest BCUT2D eigenvalue weighted by atomic mass is 28.4. The van der Waals surface area contributed by atoms with Gasteiger partial charge in [0.25, 0.3) is 0 Å². The molecule has 10 heavy (non-hydrogen) atoms. The molecule has 0 spiro atoms. The monoisotopic (exact) mass is 158 g/mol. The van der Waals surface area contributed by atoms with Crippen LogP contribution in [0.25, 0.3) is 0 Å². The molecule has 0 rings (SSSR count). The maximum absolute atomic E-state index is 8.22. The lowest BCUT2D eigenvalue weighted by Crippen LogP contribution is -2.39. The van der Waals surface area contributed by atoms with Gasteiger partial charge in [0, 0.05) is 0 Å². The van der Waals surface area contributed by atoms with Gasteiger partial charge in [-0.3, -0.25) is 0 Å². The molecule has 0 aliphatic carbocycles. The summed E-state index contributed by atoms with van der Waals surface area (Å²) < 4.78 is 9.31. The molecule has 0 aliphatic rings. The van der Waals surface area contributed by atoms with Gasteiger partial charge in [0.05, 0.1) is 0 Å². The van der Waals surface area contributed by atoms with Gasteiger partial charge in [-0.1, -0.05) is 5.70 Å². The Kier molecular flexibility index (Phi) is 4.66. The number of rotatable bonds is 5. The molecular weight excluding hydrogens is 150 g/mol. The SMILES string of the molecule is C=C[Si](C)(O[B]O)O[B]O. The van der Waals surface area contributed by atoms with Gasteiger partial charge < -0.3 is 18.7 Å². The van der Waals surface area contributed by atoms with E-state index in [0.717, 1.165) is 0 Å². The lowest BCUT2D eigenvalue weighted by molar-refractivity contribution is 0.353. The van der Waals surface area contributed by atoms with Crippen LogP contribution in [-0.2, 0) is 8.69 Å². The first kappa shape index (κ1) is 9.93. The van der Waals surface area contributed by atoms with Gasteiger partial charge >= 0.3 is 23.9 Å². The maximum atomic E-state index is 8.22. The Morgan fingerprint density at radius 1 is 1.40 bits per heavy atom. The minimum Gasteiger partial charge on any atom is -0.433 e. The van der Waals surface area contributed by atoms with E-state index in [1.807, 2.05) is 0 Å². The molecule has 2 N–H and O–H groups in total. The van der Waals surface area contributed by atoms with Gasteiger partial charge in [0.2, 0.25) is 0 Å². The van der Waals surface area contributed by atoms with Crippen molar-refractivity contribution < 1.29 is 18.7 Å². The molecule has 0 saturated heterocycles. The molecule has 0 atom stereocenters. The molecule has 2 radical (unpaired) electrons. The van der Waals surface area contributed by atoms with Gasteiger partial charge in [-0.25, -0.2) is 0 Å². The smallest absolute Gasteiger partial charge is 0.433 e. The lowest BCUT2D eigenvalue weighted by atomic mass is 10.4. The van der Waals surface area contributed by atoms with Crippen molar-refractivity contribution in [2.24, 2.45) is 0 Å². The van der Waals surface area contributed by atoms with Crippen molar-refractivity contribution in [3.05, 3.63) is 12.3 Å². The van der Waals surface area contributed by atoms with E-state index in [1.54, 1.807) is 6.55 Å². The zero-order chi connectivity index (χ0) is 8.04. The van der Waals surface area contributed by atoms with Crippen LogP contribution in [0.4, 0.5) is 0 Å². The van der Waals surface area contributed by atoms with Crippen molar-refractivity contribution in [1.29, 1.82) is 0 Å². The third-order valence-electron chi connectivity index (χ3n) is 0.944. The molecule has 0 aliphatic heterocycles. The van der Waals surface area contributed by atoms with E-state index in [9.17, 15) is 0 Å². The van der Waals surface area contributed by atoms with Crippen LogP contribution in [0.2, 0.25) is 6.55 Å². The van der Waals surface area contributed by atoms with E-state index in [4.69, 9.17) is 10.0 Å². The quantitative estimate of drug-likeness (QED) is 0.497. The summed E-state index contributed by atoms with van der Waals surface area (Å²) in [4.78, 5) is 0. The van der Waals surface area contributed by atoms with E-state index >= 15 is 0 Å². The molecule has 0 amide bonds. The van der Waals surface area contributed by atoms with E-state index in [-0.39, 0.29) is 0 Å². The van der Waals surface area contributed by atoms with E-state index in [2.05, 4.69) is 15.3 Å². The van der Waals surface area contributed by atoms with Gasteiger partial charge in [0.1, 0.15) is 0 Å². The molecule has 4 nitrogen and oxygen atoms in total. The fourth-order valence-corrected chi connectivity index (χ4v) is 1.000. The highest BCUT2D eigenvalue weighted by Gasteiger charge is 2.26. The van der Waals surface area contributed by atoms with Crippen LogP contribution in [0.3, 0.4) is 0 Å². The zero-order valence-electron chi connectivity index (χ0n) is 5.65. The van der Waals surface area contributed by atoms with Crippen molar-refractivity contribution >= 4 is 23.9 Å². The second-order valence-electron chi connectivity index (χ2n) is 1.67. The standard InChI is InChI=1S/C3H8B2O4Si/c1-3-10(2,8-4-6)9-5-7/h3,6-7H,1H2,2H3. The van der Waals surface area contributed by atoms with Crippen LogP contribution < -0.4 is 0 Å². The molecular formula is C3H8B2O4Si. The summed E-state index contributed by atoms with van der Waals surface area (Å²) in [6.45, 7) is 5.03. The zero-order valence-corrected chi connectivity index (χ0v) is 6.65. The normalized spacial score (nSPS) is 10.7. The summed E-state index contributed by atoms with van der Waals surface area (Å²) in [6.07, 6.45) is 0. The Balaban J connectivity index is 3.81. The largest absolute Gasteiger partial charge is 0.475 e. The lowest BCUT2D eigenvalue weighted by Gasteiger charge is -2.20. The molecule has 0 saturated carbocycles. The summed E-state index contributed by atoms with van der Waals surface area (Å²) in [5.41, 5.74) is 1.42. The van der Waals surface area contributed by atoms with Crippen molar-refractivity contribution in [3.63, 3.8) is 0 Å². The molecule has 54 valence electrons. The Hall–Kier alpha value is -0.0732.